The first-order valence-corrected chi connectivity index (χ1v) is 35.3. The topological polar surface area (TPSA) is 275 Å². The molecule has 5 heterocycles. The number of Topliss-reactive ketones (excluding diaryl/α,β-unsaturated/α-hetero) is 1. The number of nitrogens with two attached hydrogens (primary N) is 2. The van der Waals surface area contributed by atoms with E-state index < -0.39 is 15.8 Å². The molecule has 11 rings (SSSR count). The van der Waals surface area contributed by atoms with E-state index in [2.05, 4.69) is 59.3 Å². The molecule has 4 saturated heterocycles. The molecule has 4 fully saturated rings. The zero-order valence-electron chi connectivity index (χ0n) is 56.7. The first-order valence-electron chi connectivity index (χ1n) is 31.4. The van der Waals surface area contributed by atoms with Gasteiger partial charge in [0, 0.05) is 110 Å². The number of halogens is 4. The maximum absolute atomic E-state index is 13.3. The fraction of sp³-hybridized carbons (Fsp3) is 0.408. The van der Waals surface area contributed by atoms with Crippen molar-refractivity contribution in [2.45, 2.75) is 94.9 Å². The van der Waals surface area contributed by atoms with E-state index in [9.17, 15) is 37.8 Å². The van der Waals surface area contributed by atoms with Crippen molar-refractivity contribution < 1.29 is 46.4 Å². The minimum atomic E-state index is -3.97. The molecule has 530 valence electrons. The lowest BCUT2D eigenvalue weighted by Gasteiger charge is -2.32. The molecule has 0 radical (unpaired) electrons. The molecule has 21 nitrogen and oxygen atoms in total. The number of sulfonamides is 1. The van der Waals surface area contributed by atoms with Crippen molar-refractivity contribution in [3.8, 4) is 6.07 Å². The van der Waals surface area contributed by atoms with Crippen LogP contribution in [0.4, 0.5) is 55.6 Å². The number of aryl methyl sites for hydroxylation is 5. The molecule has 0 unspecified atom stereocenters. The largest absolute Gasteiger partial charge is 0.398 e. The highest BCUT2D eigenvalue weighted by Gasteiger charge is 2.27. The van der Waals surface area contributed by atoms with E-state index in [1.165, 1.54) is 41.6 Å². The van der Waals surface area contributed by atoms with Crippen molar-refractivity contribution >= 4 is 117 Å². The lowest BCUT2D eigenvalue weighted by atomic mass is 9.95. The molecule has 0 aliphatic carbocycles. The van der Waals surface area contributed by atoms with E-state index >= 15 is 0 Å². The highest BCUT2D eigenvalue weighted by molar-refractivity contribution is 9.10. The van der Waals surface area contributed by atoms with Crippen LogP contribution in [0.15, 0.2) is 93.6 Å². The van der Waals surface area contributed by atoms with Crippen LogP contribution in [0.5, 0.6) is 0 Å². The van der Waals surface area contributed by atoms with E-state index in [0.29, 0.717) is 53.0 Å². The van der Waals surface area contributed by atoms with Gasteiger partial charge in [0.1, 0.15) is 5.82 Å². The average molecular weight is 1490 g/mol. The van der Waals surface area contributed by atoms with E-state index in [4.69, 9.17) is 58.9 Å². The van der Waals surface area contributed by atoms with Crippen molar-refractivity contribution in [3.63, 3.8) is 0 Å². The quantitative estimate of drug-likeness (QED) is 0.0444. The number of nitriles is 1. The summed E-state index contributed by atoms with van der Waals surface area (Å²) in [4.78, 5) is 43.4. The molecule has 4 aliphatic heterocycles. The zero-order chi connectivity index (χ0) is 71.4. The molecular formula is C71H90BrCl2FN10O11S2. The normalized spacial score (nSPS) is 14.3. The summed E-state index contributed by atoms with van der Waals surface area (Å²) in [5.41, 5.74) is 28.6. The van der Waals surface area contributed by atoms with Crippen molar-refractivity contribution in [1.82, 2.24) is 0 Å². The number of anilines is 7. The first-order chi connectivity index (χ1) is 46.0. The van der Waals surface area contributed by atoms with Gasteiger partial charge in [-0.1, -0.05) is 64.8 Å². The summed E-state index contributed by atoms with van der Waals surface area (Å²) in [6.45, 7) is 32.9. The Labute approximate surface area is 598 Å². The third-order valence-corrected chi connectivity index (χ3v) is 20.6. The monoisotopic (exact) mass is 1490 g/mol. The number of morpholine rings is 4. The highest BCUT2D eigenvalue weighted by atomic mass is 79.9. The lowest BCUT2D eigenvalue weighted by molar-refractivity contribution is -0.386. The van der Waals surface area contributed by atoms with Crippen LogP contribution in [0.2, 0.25) is 10.0 Å². The van der Waals surface area contributed by atoms with Crippen molar-refractivity contribution in [1.29, 1.82) is 5.26 Å². The van der Waals surface area contributed by atoms with Crippen LogP contribution in [0.25, 0.3) is 0 Å². The van der Waals surface area contributed by atoms with E-state index in [0.717, 1.165) is 168 Å². The van der Waals surface area contributed by atoms with Gasteiger partial charge in [-0.2, -0.15) is 5.26 Å². The molecule has 1 aromatic heterocycles. The number of nitrogen functional groups attached to an aromatic ring is 2. The van der Waals surface area contributed by atoms with E-state index in [1.54, 1.807) is 44.4 Å². The summed E-state index contributed by atoms with van der Waals surface area (Å²) in [6.07, 6.45) is 0.109. The molecule has 7 aromatic rings. The number of nitro groups is 2. The number of nitrogens with one attached hydrogen (secondary N) is 1. The standard InChI is InChI=1S/C24H24ClFN2O4S2.C12H17ClN2O.C12H16N2O3.C12H18N2O.C8H8BrNO2.C2H3N.CH4/c1-15-13-20(25)23(28-8-10-32-11-9-28)16(2)19(15)14-22(29)24-21(7-12-33-24)27-34(30,31)18-5-3-17(26)4-6-18;1-8-7-10(13)12(9(2)11(8)14)15-3-5-16-6-4-15;1-9-3-4-11(10(2)12(9)14(15)16)13-5-7-17-8-6-13;1-9-3-4-11(10(2)12(9)13)14-5-7-15-8-6-14;1-5-3-4-7(9)6(2)8(5)10(11)12;1-2-3;/h3-7,12-13,27H,8-11,14H2,1-2H3;7H,3-6,14H2,1-2H3;3-4H,5-8H2,1-2H3;3-4H,5-8,13H2,1-2H3;3-4H,1-2H3;1H3;1H4. The lowest BCUT2D eigenvalue weighted by Crippen LogP contribution is -2.37. The molecule has 0 amide bonds. The number of carbonyl (C=O) groups excluding carboxylic acids is 1. The maximum atomic E-state index is 13.3. The number of nitrogens with zero attached hydrogens (tertiary/aromatic N) is 7. The molecule has 27 heteroatoms. The summed E-state index contributed by atoms with van der Waals surface area (Å²) in [7, 11) is -3.97. The predicted molar refractivity (Wildman–Crippen MR) is 399 cm³/mol. The van der Waals surface area contributed by atoms with Crippen molar-refractivity contribution in [2.75, 3.05) is 141 Å². The van der Waals surface area contributed by atoms with Gasteiger partial charge in [-0.3, -0.25) is 29.7 Å². The summed E-state index contributed by atoms with van der Waals surface area (Å²) in [5.74, 6) is -0.733. The molecule has 0 bridgehead atoms. The Morgan fingerprint density at radius 3 is 1.46 bits per heavy atom. The van der Waals surface area contributed by atoms with Gasteiger partial charge < -0.3 is 50.0 Å². The molecule has 0 spiro atoms. The Morgan fingerprint density at radius 1 is 0.602 bits per heavy atom. The Bertz CT molecular complexity index is 4060. The third-order valence-electron chi connectivity index (χ3n) is 16.8. The second kappa shape index (κ2) is 38.1. The summed E-state index contributed by atoms with van der Waals surface area (Å²) < 4.78 is 63.3. The number of ketones is 1. The van der Waals surface area contributed by atoms with Crippen LogP contribution in [0.1, 0.15) is 85.2 Å². The van der Waals surface area contributed by atoms with E-state index in [-0.39, 0.29) is 51.4 Å². The predicted octanol–water partition coefficient (Wildman–Crippen LogP) is 15.5. The second-order valence-electron chi connectivity index (χ2n) is 23.3. The molecule has 0 saturated carbocycles. The summed E-state index contributed by atoms with van der Waals surface area (Å²) >= 11 is 17.3. The van der Waals surface area contributed by atoms with Crippen LogP contribution in [0.3, 0.4) is 0 Å². The van der Waals surface area contributed by atoms with Gasteiger partial charge in [0.05, 0.1) is 111 Å². The SMILES string of the molecule is C.CC#N.Cc1cc(Cl)c(N2CCOCC2)c(C)c1CC(=O)c1sccc1NS(=O)(=O)c1ccc(F)cc1.Cc1cc(Cl)c(N2CCOCC2)c(C)c1N.Cc1ccc(Br)c(C)c1[N+](=O)[O-].Cc1ccc(N2CCOCC2)c(C)c1N.Cc1ccc(N2CCOCC2)c(C)c1[N+](=O)[O-]. The fourth-order valence-corrected chi connectivity index (χ4v) is 14.6. The second-order valence-corrected chi connectivity index (χ2v) is 27.6. The van der Waals surface area contributed by atoms with Gasteiger partial charge >= 0.3 is 0 Å². The number of carbonyl (C=O) groups is 1. The van der Waals surface area contributed by atoms with Crippen LogP contribution in [-0.2, 0) is 35.4 Å². The van der Waals surface area contributed by atoms with Crippen LogP contribution in [-0.4, -0.2) is 129 Å². The number of ether oxygens (including phenoxy) is 4. The van der Waals surface area contributed by atoms with Crippen LogP contribution in [0, 0.1) is 107 Å². The molecular weight excluding hydrogens is 1400 g/mol. The number of benzene rings is 6. The summed E-state index contributed by atoms with van der Waals surface area (Å²) in [6, 6.07) is 23.2. The zero-order valence-corrected chi connectivity index (χ0v) is 61.4. The Kier molecular flexibility index (Phi) is 31.5. The molecule has 5 N–H and O–H groups in total. The van der Waals surface area contributed by atoms with E-state index in [1.807, 2.05) is 71.9 Å². The molecule has 4 aliphatic rings. The minimum absolute atomic E-state index is 0. The number of thiophene rings is 1. The third kappa shape index (κ3) is 21.2. The van der Waals surface area contributed by atoms with Gasteiger partial charge in [0.25, 0.3) is 21.4 Å². The number of rotatable bonds is 12. The van der Waals surface area contributed by atoms with Crippen molar-refractivity contribution in [3.05, 3.63) is 191 Å². The van der Waals surface area contributed by atoms with Crippen molar-refractivity contribution in [2.24, 2.45) is 0 Å². The molecule has 6 aromatic carbocycles. The average Bonchev–Trinajstić information content (AvgIpc) is 0.942. The van der Waals surface area contributed by atoms with Gasteiger partial charge in [0.2, 0.25) is 0 Å². The molecule has 98 heavy (non-hydrogen) atoms. The maximum Gasteiger partial charge on any atom is 0.277 e. The van der Waals surface area contributed by atoms with Crippen LogP contribution < -0.4 is 35.8 Å². The van der Waals surface area contributed by atoms with Crippen LogP contribution >= 0.6 is 50.5 Å². The van der Waals surface area contributed by atoms with Gasteiger partial charge in [-0.25, -0.2) is 12.8 Å². The fourth-order valence-electron chi connectivity index (χ4n) is 11.5. The smallest absolute Gasteiger partial charge is 0.277 e. The van der Waals surface area contributed by atoms with Gasteiger partial charge in [-0.15, -0.1) is 11.3 Å². The number of nitro benzene ring substituents is 2. The Balaban J connectivity index is 0.000000231. The number of hydrogen-bond acceptors (Lipinski definition) is 19. The Hall–Kier alpha value is -7.64. The molecule has 0 atom stereocenters. The van der Waals surface area contributed by atoms with Gasteiger partial charge in [0.15, 0.2) is 5.78 Å². The number of hydrogen-bond donors (Lipinski definition) is 3. The minimum Gasteiger partial charge on any atom is -0.398 e. The Morgan fingerprint density at radius 2 is 1.00 bits per heavy atom. The summed E-state index contributed by atoms with van der Waals surface area (Å²) in [5, 5.41) is 32.0. The highest BCUT2D eigenvalue weighted by Crippen LogP contribution is 2.39. The van der Waals surface area contributed by atoms with Gasteiger partial charge in [-0.05, 0) is 174 Å². The first kappa shape index (κ1) is 81.0.